The Hall–Kier alpha value is -1.10. The molecule has 1 heterocycles. The summed E-state index contributed by atoms with van der Waals surface area (Å²) in [6.45, 7) is 4.58. The lowest BCUT2D eigenvalue weighted by molar-refractivity contribution is -0.149. The van der Waals surface area contributed by atoms with E-state index in [1.54, 1.807) is 0 Å². The van der Waals surface area contributed by atoms with Crippen LogP contribution in [0.2, 0.25) is 0 Å². The lowest BCUT2D eigenvalue weighted by atomic mass is 9.97. The maximum Gasteiger partial charge on any atom is 0.332 e. The van der Waals surface area contributed by atoms with Crippen molar-refractivity contribution in [2.75, 3.05) is 6.54 Å². The van der Waals surface area contributed by atoms with Crippen molar-refractivity contribution in [3.63, 3.8) is 0 Å². The molecule has 5 heteroatoms. The van der Waals surface area contributed by atoms with Crippen molar-refractivity contribution in [3.8, 4) is 0 Å². The van der Waals surface area contributed by atoms with Crippen molar-refractivity contribution >= 4 is 11.9 Å². The summed E-state index contributed by atoms with van der Waals surface area (Å²) >= 11 is 0. The van der Waals surface area contributed by atoms with Gasteiger partial charge in [-0.05, 0) is 25.7 Å². The number of ether oxygens (including phenoxy) is 1. The van der Waals surface area contributed by atoms with Crippen LogP contribution in [-0.4, -0.2) is 35.7 Å². The van der Waals surface area contributed by atoms with Crippen molar-refractivity contribution in [2.45, 2.75) is 64.6 Å². The summed E-state index contributed by atoms with van der Waals surface area (Å²) in [5.74, 6) is -0.763. The maximum atomic E-state index is 12.0. The highest BCUT2D eigenvalue weighted by Gasteiger charge is 2.30. The molecule has 1 saturated heterocycles. The van der Waals surface area contributed by atoms with Gasteiger partial charge in [-0.15, -0.1) is 0 Å². The summed E-state index contributed by atoms with van der Waals surface area (Å²) in [6.07, 6.45) is 4.18. The van der Waals surface area contributed by atoms with Gasteiger partial charge in [0.2, 0.25) is 5.91 Å². The molecule has 110 valence electrons. The molecule has 0 aliphatic carbocycles. The molecule has 1 rings (SSSR count). The zero-order valence-electron chi connectivity index (χ0n) is 11.9. The fraction of sp³-hybridized carbons (Fsp3) is 0.857. The minimum Gasteiger partial charge on any atom is -0.479 e. The highest BCUT2D eigenvalue weighted by molar-refractivity contribution is 5.78. The van der Waals surface area contributed by atoms with Gasteiger partial charge in [0.15, 0.2) is 6.10 Å². The summed E-state index contributed by atoms with van der Waals surface area (Å²) < 4.78 is 5.36. The third-order valence-corrected chi connectivity index (χ3v) is 3.53. The molecule has 2 atom stereocenters. The van der Waals surface area contributed by atoms with Crippen molar-refractivity contribution in [3.05, 3.63) is 0 Å². The molecule has 0 saturated carbocycles. The minimum atomic E-state index is -0.913. The van der Waals surface area contributed by atoms with E-state index in [0.29, 0.717) is 19.4 Å². The molecule has 0 radical (unpaired) electrons. The van der Waals surface area contributed by atoms with Crippen LogP contribution in [0.25, 0.3) is 0 Å². The van der Waals surface area contributed by atoms with Crippen LogP contribution in [0.1, 0.15) is 52.4 Å². The van der Waals surface area contributed by atoms with Gasteiger partial charge in [-0.1, -0.05) is 26.7 Å². The molecule has 0 aromatic heterocycles. The van der Waals surface area contributed by atoms with Gasteiger partial charge in [-0.2, -0.15) is 0 Å². The number of carboxylic acids is 1. The van der Waals surface area contributed by atoms with Crippen molar-refractivity contribution < 1.29 is 19.4 Å². The van der Waals surface area contributed by atoms with Crippen molar-refractivity contribution in [1.29, 1.82) is 0 Å². The van der Waals surface area contributed by atoms with Gasteiger partial charge < -0.3 is 15.2 Å². The van der Waals surface area contributed by atoms with Gasteiger partial charge in [0, 0.05) is 12.5 Å². The molecule has 0 aromatic carbocycles. The number of carbonyl (C=O) groups is 2. The molecular formula is C14H25NO4. The molecule has 2 N–H and O–H groups in total. The number of amides is 1. The van der Waals surface area contributed by atoms with Gasteiger partial charge in [0.25, 0.3) is 0 Å². The standard InChI is InChI=1S/C14H25NO4/c1-3-5-10(6-4-2)13(16)15-9-11-7-8-12(19-11)14(17)18/h10-12H,3-9H2,1-2H3,(H,15,16)(H,17,18). The molecule has 0 spiro atoms. The lowest BCUT2D eigenvalue weighted by Crippen LogP contribution is -2.37. The normalized spacial score (nSPS) is 22.7. The number of aliphatic carboxylic acids is 1. The summed E-state index contributed by atoms with van der Waals surface area (Å²) in [5, 5.41) is 11.7. The second-order valence-electron chi connectivity index (χ2n) is 5.18. The molecule has 1 amide bonds. The average molecular weight is 271 g/mol. The van der Waals surface area contributed by atoms with Gasteiger partial charge >= 0.3 is 5.97 Å². The van der Waals surface area contributed by atoms with E-state index < -0.39 is 12.1 Å². The minimum absolute atomic E-state index is 0.0751. The molecule has 1 fully saturated rings. The Labute approximate surface area is 114 Å². The van der Waals surface area contributed by atoms with Crippen LogP contribution in [0.4, 0.5) is 0 Å². The van der Waals surface area contributed by atoms with Crippen molar-refractivity contribution in [1.82, 2.24) is 5.32 Å². The molecule has 2 unspecified atom stereocenters. The summed E-state index contributed by atoms with van der Waals surface area (Å²) in [5.41, 5.74) is 0. The zero-order valence-corrected chi connectivity index (χ0v) is 11.9. The topological polar surface area (TPSA) is 75.6 Å². The molecule has 0 aromatic rings. The molecule has 1 aliphatic rings. The number of hydrogen-bond donors (Lipinski definition) is 2. The van der Waals surface area contributed by atoms with E-state index in [2.05, 4.69) is 19.2 Å². The molecule has 1 aliphatic heterocycles. The second-order valence-corrected chi connectivity index (χ2v) is 5.18. The largest absolute Gasteiger partial charge is 0.479 e. The van der Waals surface area contributed by atoms with E-state index in [1.807, 2.05) is 0 Å². The van der Waals surface area contributed by atoms with Crippen molar-refractivity contribution in [2.24, 2.45) is 5.92 Å². The van der Waals surface area contributed by atoms with E-state index in [4.69, 9.17) is 9.84 Å². The van der Waals surface area contributed by atoms with Crippen LogP contribution < -0.4 is 5.32 Å². The Kier molecular flexibility index (Phi) is 6.84. The third kappa shape index (κ3) is 5.19. The Morgan fingerprint density at radius 1 is 1.26 bits per heavy atom. The number of carbonyl (C=O) groups excluding carboxylic acids is 1. The average Bonchev–Trinajstić information content (AvgIpc) is 2.84. The fourth-order valence-corrected chi connectivity index (χ4v) is 2.50. The van der Waals surface area contributed by atoms with E-state index in [-0.39, 0.29) is 17.9 Å². The van der Waals surface area contributed by atoms with E-state index in [9.17, 15) is 9.59 Å². The lowest BCUT2D eigenvalue weighted by Gasteiger charge is -2.17. The van der Waals surface area contributed by atoms with Crippen LogP contribution >= 0.6 is 0 Å². The third-order valence-electron chi connectivity index (χ3n) is 3.53. The van der Waals surface area contributed by atoms with Gasteiger partial charge in [0.1, 0.15) is 0 Å². The fourth-order valence-electron chi connectivity index (χ4n) is 2.50. The smallest absolute Gasteiger partial charge is 0.332 e. The predicted molar refractivity (Wildman–Crippen MR) is 71.8 cm³/mol. The molecule has 0 bridgehead atoms. The summed E-state index contributed by atoms with van der Waals surface area (Å²) in [6, 6.07) is 0. The Morgan fingerprint density at radius 3 is 2.37 bits per heavy atom. The Bertz CT molecular complexity index is 300. The molecular weight excluding hydrogens is 246 g/mol. The first-order valence-electron chi connectivity index (χ1n) is 7.24. The Balaban J connectivity index is 2.31. The second kappa shape index (κ2) is 8.15. The highest BCUT2D eigenvalue weighted by atomic mass is 16.5. The SMILES string of the molecule is CCCC(CCC)C(=O)NCC1CCC(C(=O)O)O1. The monoisotopic (exact) mass is 271 g/mol. The van der Waals surface area contributed by atoms with Crippen LogP contribution in [-0.2, 0) is 14.3 Å². The highest BCUT2D eigenvalue weighted by Crippen LogP contribution is 2.20. The maximum absolute atomic E-state index is 12.0. The Morgan fingerprint density at radius 2 is 1.89 bits per heavy atom. The number of rotatable bonds is 8. The number of nitrogens with one attached hydrogen (secondary N) is 1. The van der Waals surface area contributed by atoms with E-state index in [0.717, 1.165) is 25.7 Å². The van der Waals surface area contributed by atoms with Gasteiger partial charge in [-0.25, -0.2) is 4.79 Å². The number of carboxylic acid groups (broad SMARTS) is 1. The zero-order chi connectivity index (χ0) is 14.3. The summed E-state index contributed by atoms with van der Waals surface area (Å²) in [4.78, 5) is 22.8. The summed E-state index contributed by atoms with van der Waals surface area (Å²) in [7, 11) is 0. The van der Waals surface area contributed by atoms with Crippen LogP contribution in [0, 0.1) is 5.92 Å². The van der Waals surface area contributed by atoms with E-state index in [1.165, 1.54) is 0 Å². The van der Waals surface area contributed by atoms with Gasteiger partial charge in [0.05, 0.1) is 6.10 Å². The number of hydrogen-bond acceptors (Lipinski definition) is 3. The first kappa shape index (κ1) is 16.0. The first-order chi connectivity index (χ1) is 9.08. The van der Waals surface area contributed by atoms with E-state index >= 15 is 0 Å². The quantitative estimate of drug-likeness (QED) is 0.707. The predicted octanol–water partition coefficient (Wildman–Crippen LogP) is 1.95. The van der Waals surface area contributed by atoms with Crippen LogP contribution in [0.3, 0.4) is 0 Å². The van der Waals surface area contributed by atoms with Crippen LogP contribution in [0.15, 0.2) is 0 Å². The van der Waals surface area contributed by atoms with Crippen LogP contribution in [0.5, 0.6) is 0 Å². The molecule has 5 nitrogen and oxygen atoms in total. The molecule has 19 heavy (non-hydrogen) atoms. The first-order valence-corrected chi connectivity index (χ1v) is 7.24. The van der Waals surface area contributed by atoms with Gasteiger partial charge in [-0.3, -0.25) is 4.79 Å².